The summed E-state index contributed by atoms with van der Waals surface area (Å²) in [4.78, 5) is 0. The highest BCUT2D eigenvalue weighted by Gasteiger charge is 2.26. The first-order chi connectivity index (χ1) is 8.47. The van der Waals surface area contributed by atoms with Gasteiger partial charge in [0.15, 0.2) is 0 Å². The number of nitrogens with two attached hydrogens (primary N) is 1. The van der Waals surface area contributed by atoms with Gasteiger partial charge in [-0.3, -0.25) is 0 Å². The number of ether oxygens (including phenoxy) is 1. The van der Waals surface area contributed by atoms with Crippen molar-refractivity contribution in [2.24, 2.45) is 11.8 Å². The van der Waals surface area contributed by atoms with Crippen LogP contribution in [0.4, 0.5) is 10.1 Å². The lowest BCUT2D eigenvalue weighted by molar-refractivity contribution is 0.101. The quantitative estimate of drug-likeness (QED) is 0.822. The fourth-order valence-corrected chi connectivity index (χ4v) is 2.75. The first-order valence-corrected chi connectivity index (χ1v) is 7.18. The van der Waals surface area contributed by atoms with E-state index in [0.717, 1.165) is 18.8 Å². The first-order valence-electron chi connectivity index (χ1n) is 6.38. The van der Waals surface area contributed by atoms with Gasteiger partial charge in [-0.1, -0.05) is 13.8 Å². The molecule has 0 aromatic heterocycles. The van der Waals surface area contributed by atoms with Gasteiger partial charge in [-0.05, 0) is 53.1 Å². The number of hydrogen-bond donors (Lipinski definition) is 1. The monoisotopic (exact) mass is 315 g/mol. The fourth-order valence-electron chi connectivity index (χ4n) is 2.43. The van der Waals surface area contributed by atoms with Gasteiger partial charge in [0, 0.05) is 6.07 Å². The van der Waals surface area contributed by atoms with Gasteiger partial charge in [0.25, 0.3) is 0 Å². The number of rotatable bonds is 2. The van der Waals surface area contributed by atoms with E-state index in [9.17, 15) is 4.39 Å². The molecule has 1 fully saturated rings. The fraction of sp³-hybridized carbons (Fsp3) is 0.571. The van der Waals surface area contributed by atoms with E-state index in [1.54, 1.807) is 6.07 Å². The van der Waals surface area contributed by atoms with E-state index >= 15 is 0 Å². The average Bonchev–Trinajstić information content (AvgIpc) is 2.31. The summed E-state index contributed by atoms with van der Waals surface area (Å²) in [6.45, 7) is 4.54. The molecule has 1 aromatic carbocycles. The second kappa shape index (κ2) is 5.47. The smallest absolute Gasteiger partial charge is 0.143 e. The van der Waals surface area contributed by atoms with E-state index in [1.165, 1.54) is 12.5 Å². The first kappa shape index (κ1) is 13.7. The summed E-state index contributed by atoms with van der Waals surface area (Å²) in [6, 6.07) is 2.92. The molecule has 0 amide bonds. The van der Waals surface area contributed by atoms with Crippen LogP contribution in [0, 0.1) is 17.7 Å². The molecule has 0 saturated heterocycles. The van der Waals surface area contributed by atoms with Crippen molar-refractivity contribution in [3.63, 3.8) is 0 Å². The molecule has 2 N–H and O–H groups in total. The Morgan fingerprint density at radius 3 is 2.67 bits per heavy atom. The standard InChI is InChI=1S/C14H19BrFNO/c1-8-3-4-10(5-9(8)2)18-14-6-11(15)12(16)7-13(14)17/h6-10H,3-5,17H2,1-2H3. The largest absolute Gasteiger partial charge is 0.488 e. The van der Waals surface area contributed by atoms with Crippen LogP contribution in [-0.2, 0) is 0 Å². The molecule has 0 heterocycles. The number of benzene rings is 1. The molecule has 4 heteroatoms. The molecule has 3 unspecified atom stereocenters. The minimum Gasteiger partial charge on any atom is -0.488 e. The second-order valence-corrected chi connectivity index (χ2v) is 6.17. The molecule has 0 radical (unpaired) electrons. The summed E-state index contributed by atoms with van der Waals surface area (Å²) in [5, 5.41) is 0. The third-order valence-electron chi connectivity index (χ3n) is 3.90. The maximum atomic E-state index is 13.3. The molecule has 2 nitrogen and oxygen atoms in total. The van der Waals surface area contributed by atoms with Crippen LogP contribution in [0.15, 0.2) is 16.6 Å². The molecule has 0 aliphatic heterocycles. The summed E-state index contributed by atoms with van der Waals surface area (Å²) in [6.07, 6.45) is 3.44. The van der Waals surface area contributed by atoms with Crippen LogP contribution in [0.2, 0.25) is 0 Å². The molecular weight excluding hydrogens is 297 g/mol. The Morgan fingerprint density at radius 2 is 2.00 bits per heavy atom. The van der Waals surface area contributed by atoms with Crippen LogP contribution in [0.3, 0.4) is 0 Å². The van der Waals surface area contributed by atoms with Crippen molar-refractivity contribution in [1.29, 1.82) is 0 Å². The minimum atomic E-state index is -0.356. The normalized spacial score (nSPS) is 28.1. The highest BCUT2D eigenvalue weighted by atomic mass is 79.9. The van der Waals surface area contributed by atoms with Crippen molar-refractivity contribution in [2.45, 2.75) is 39.2 Å². The van der Waals surface area contributed by atoms with Gasteiger partial charge in [-0.25, -0.2) is 4.39 Å². The maximum Gasteiger partial charge on any atom is 0.143 e. The van der Waals surface area contributed by atoms with Gasteiger partial charge < -0.3 is 10.5 Å². The summed E-state index contributed by atoms with van der Waals surface area (Å²) < 4.78 is 19.6. The highest BCUT2D eigenvalue weighted by Crippen LogP contribution is 2.35. The minimum absolute atomic E-state index is 0.191. The van der Waals surface area contributed by atoms with E-state index in [-0.39, 0.29) is 11.9 Å². The predicted octanol–water partition coefficient (Wildman–Crippen LogP) is 4.37. The molecule has 1 saturated carbocycles. The van der Waals surface area contributed by atoms with Crippen LogP contribution >= 0.6 is 15.9 Å². The molecule has 100 valence electrons. The molecule has 1 aliphatic rings. The lowest BCUT2D eigenvalue weighted by Gasteiger charge is -2.32. The van der Waals surface area contributed by atoms with Gasteiger partial charge in [0.05, 0.1) is 16.3 Å². The zero-order chi connectivity index (χ0) is 13.3. The second-order valence-electron chi connectivity index (χ2n) is 5.31. The zero-order valence-corrected chi connectivity index (χ0v) is 12.3. The Morgan fingerprint density at radius 1 is 1.28 bits per heavy atom. The Kier molecular flexibility index (Phi) is 4.15. The third-order valence-corrected chi connectivity index (χ3v) is 4.50. The molecule has 1 aromatic rings. The Bertz CT molecular complexity index is 438. The molecule has 18 heavy (non-hydrogen) atoms. The van der Waals surface area contributed by atoms with Crippen molar-refractivity contribution < 1.29 is 9.13 Å². The third kappa shape index (κ3) is 2.97. The molecule has 1 aliphatic carbocycles. The Hall–Kier alpha value is -0.770. The SMILES string of the molecule is CC1CCC(Oc2cc(Br)c(F)cc2N)CC1C. The number of anilines is 1. The van der Waals surface area contributed by atoms with E-state index in [1.807, 2.05) is 0 Å². The Balaban J connectivity index is 2.08. The van der Waals surface area contributed by atoms with Crippen LogP contribution < -0.4 is 10.5 Å². The molecular formula is C14H19BrFNO. The lowest BCUT2D eigenvalue weighted by atomic mass is 9.80. The summed E-state index contributed by atoms with van der Waals surface area (Å²) in [7, 11) is 0. The van der Waals surface area contributed by atoms with E-state index in [0.29, 0.717) is 21.8 Å². The van der Waals surface area contributed by atoms with Gasteiger partial charge in [0.2, 0.25) is 0 Å². The lowest BCUT2D eigenvalue weighted by Crippen LogP contribution is -2.29. The van der Waals surface area contributed by atoms with E-state index in [2.05, 4.69) is 29.8 Å². The van der Waals surface area contributed by atoms with Gasteiger partial charge in [-0.15, -0.1) is 0 Å². The predicted molar refractivity (Wildman–Crippen MR) is 75.1 cm³/mol. The molecule has 2 rings (SSSR count). The van der Waals surface area contributed by atoms with Crippen LogP contribution in [0.25, 0.3) is 0 Å². The van der Waals surface area contributed by atoms with Crippen molar-refractivity contribution in [3.05, 3.63) is 22.4 Å². The number of nitrogen functional groups attached to an aromatic ring is 1. The van der Waals surface area contributed by atoms with Crippen LogP contribution in [0.1, 0.15) is 33.1 Å². The zero-order valence-electron chi connectivity index (χ0n) is 10.7. The number of hydrogen-bond acceptors (Lipinski definition) is 2. The van der Waals surface area contributed by atoms with Gasteiger partial charge >= 0.3 is 0 Å². The Labute approximate surface area is 116 Å². The molecule has 0 spiro atoms. The maximum absolute atomic E-state index is 13.3. The van der Waals surface area contributed by atoms with Crippen molar-refractivity contribution >= 4 is 21.6 Å². The van der Waals surface area contributed by atoms with Crippen molar-refractivity contribution in [3.8, 4) is 5.75 Å². The molecule has 0 bridgehead atoms. The average molecular weight is 316 g/mol. The summed E-state index contributed by atoms with van der Waals surface area (Å²) >= 11 is 3.16. The van der Waals surface area contributed by atoms with Crippen LogP contribution in [-0.4, -0.2) is 6.10 Å². The summed E-state index contributed by atoms with van der Waals surface area (Å²) in [5.41, 5.74) is 6.15. The van der Waals surface area contributed by atoms with Gasteiger partial charge in [0.1, 0.15) is 11.6 Å². The number of halogens is 2. The highest BCUT2D eigenvalue weighted by molar-refractivity contribution is 9.10. The van der Waals surface area contributed by atoms with E-state index in [4.69, 9.17) is 10.5 Å². The molecule has 3 atom stereocenters. The van der Waals surface area contributed by atoms with Crippen molar-refractivity contribution in [2.75, 3.05) is 5.73 Å². The summed E-state index contributed by atoms with van der Waals surface area (Å²) in [5.74, 6) is 1.64. The van der Waals surface area contributed by atoms with Crippen LogP contribution in [0.5, 0.6) is 5.75 Å². The van der Waals surface area contributed by atoms with Crippen molar-refractivity contribution in [1.82, 2.24) is 0 Å². The van der Waals surface area contributed by atoms with Gasteiger partial charge in [-0.2, -0.15) is 0 Å². The van der Waals surface area contributed by atoms with E-state index < -0.39 is 0 Å². The topological polar surface area (TPSA) is 35.2 Å².